The van der Waals surface area contributed by atoms with Gasteiger partial charge in [0.15, 0.2) is 0 Å². The maximum absolute atomic E-state index is 2.35. The molecule has 0 radical (unpaired) electrons. The lowest BCUT2D eigenvalue weighted by atomic mass is 10.1. The van der Waals surface area contributed by atoms with E-state index in [1.165, 1.54) is 50.6 Å². The van der Waals surface area contributed by atoms with Gasteiger partial charge in [0.25, 0.3) is 0 Å². The Balaban J connectivity index is 0.00000324. The maximum atomic E-state index is 2.35. The number of quaternary nitrogens is 1. The van der Waals surface area contributed by atoms with Gasteiger partial charge in [-0.1, -0.05) is 62.9 Å². The van der Waals surface area contributed by atoms with Gasteiger partial charge < -0.3 is 16.9 Å². The summed E-state index contributed by atoms with van der Waals surface area (Å²) in [7, 11) is 4.69. The second-order valence-electron chi connectivity index (χ2n) is 6.07. The Morgan fingerprint density at radius 2 is 1.42 bits per heavy atom. The van der Waals surface area contributed by atoms with Crippen LogP contribution in [-0.4, -0.2) is 25.1 Å². The molecule has 0 N–H and O–H groups in total. The summed E-state index contributed by atoms with van der Waals surface area (Å²) < 4.78 is 1.11. The number of benzene rings is 1. The van der Waals surface area contributed by atoms with Gasteiger partial charge in [-0.15, -0.1) is 0 Å². The van der Waals surface area contributed by atoms with Crippen molar-refractivity contribution in [3.8, 4) is 0 Å². The van der Waals surface area contributed by atoms with Gasteiger partial charge in [-0.2, -0.15) is 0 Å². The van der Waals surface area contributed by atoms with E-state index < -0.39 is 0 Å². The summed E-state index contributed by atoms with van der Waals surface area (Å²) in [6, 6.07) is 10.8. The molecule has 0 aromatic heterocycles. The van der Waals surface area contributed by atoms with E-state index in [0.717, 1.165) is 11.0 Å². The lowest BCUT2D eigenvalue weighted by Crippen LogP contribution is -3.00. The normalized spacial score (nSPS) is 11.1. The number of hydrogen-bond donors (Lipinski definition) is 0. The lowest BCUT2D eigenvalue weighted by Gasteiger charge is -2.30. The molecular weight excluding hydrogens is 254 g/mol. The molecule has 0 bridgehead atoms. The molecule has 110 valence electrons. The van der Waals surface area contributed by atoms with E-state index in [1.807, 2.05) is 0 Å². The highest BCUT2D eigenvalue weighted by Gasteiger charge is 2.14. The maximum Gasteiger partial charge on any atom is 0.104 e. The summed E-state index contributed by atoms with van der Waals surface area (Å²) in [4.78, 5) is 0. The third kappa shape index (κ3) is 9.07. The van der Waals surface area contributed by atoms with E-state index in [2.05, 4.69) is 51.4 Å². The van der Waals surface area contributed by atoms with Crippen molar-refractivity contribution in [2.45, 2.75) is 52.0 Å². The average Bonchev–Trinajstić information content (AvgIpc) is 2.34. The Morgan fingerprint density at radius 1 is 0.842 bits per heavy atom. The van der Waals surface area contributed by atoms with E-state index in [1.54, 1.807) is 0 Å². The molecule has 0 aliphatic rings. The van der Waals surface area contributed by atoms with E-state index in [9.17, 15) is 0 Å². The molecule has 0 amide bonds. The van der Waals surface area contributed by atoms with Gasteiger partial charge in [-0.25, -0.2) is 0 Å². The minimum absolute atomic E-state index is 0. The topological polar surface area (TPSA) is 0 Å². The smallest absolute Gasteiger partial charge is 0.104 e. The van der Waals surface area contributed by atoms with E-state index in [-0.39, 0.29) is 12.4 Å². The first-order valence-corrected chi connectivity index (χ1v) is 7.50. The van der Waals surface area contributed by atoms with Gasteiger partial charge in [-0.3, -0.25) is 0 Å². The van der Waals surface area contributed by atoms with Gasteiger partial charge in [0.05, 0.1) is 20.6 Å². The van der Waals surface area contributed by atoms with Gasteiger partial charge in [-0.05, 0) is 12.8 Å². The molecule has 19 heavy (non-hydrogen) atoms. The SMILES string of the molecule is CCCCCCCC[N+](C)(C)Cc1ccccc1.[Cl-]. The first kappa shape index (κ1) is 18.5. The van der Waals surface area contributed by atoms with Crippen molar-refractivity contribution in [2.75, 3.05) is 20.6 Å². The van der Waals surface area contributed by atoms with Crippen molar-refractivity contribution >= 4 is 0 Å². The van der Waals surface area contributed by atoms with Crippen LogP contribution in [0.15, 0.2) is 30.3 Å². The van der Waals surface area contributed by atoms with Crippen LogP contribution in [0.5, 0.6) is 0 Å². The minimum Gasteiger partial charge on any atom is -1.00 e. The third-order valence-electron chi connectivity index (χ3n) is 3.57. The molecule has 0 saturated heterocycles. The molecular formula is C17H30ClN. The van der Waals surface area contributed by atoms with Crippen LogP contribution in [0.2, 0.25) is 0 Å². The quantitative estimate of drug-likeness (QED) is 0.477. The van der Waals surface area contributed by atoms with Crippen molar-refractivity contribution in [1.29, 1.82) is 0 Å². The number of nitrogens with zero attached hydrogens (tertiary/aromatic N) is 1. The zero-order valence-electron chi connectivity index (χ0n) is 12.9. The van der Waals surface area contributed by atoms with Crippen LogP contribution in [0.4, 0.5) is 0 Å². The first-order chi connectivity index (χ1) is 8.64. The molecule has 0 heterocycles. The highest BCUT2D eigenvalue weighted by atomic mass is 35.5. The van der Waals surface area contributed by atoms with Crippen LogP contribution < -0.4 is 12.4 Å². The average molecular weight is 284 g/mol. The summed E-state index contributed by atoms with van der Waals surface area (Å²) >= 11 is 0. The Kier molecular flexibility index (Phi) is 9.99. The van der Waals surface area contributed by atoms with Crippen molar-refractivity contribution < 1.29 is 16.9 Å². The highest BCUT2D eigenvalue weighted by molar-refractivity contribution is 5.13. The van der Waals surface area contributed by atoms with Crippen LogP contribution >= 0.6 is 0 Å². The number of halogens is 1. The number of hydrogen-bond acceptors (Lipinski definition) is 0. The fourth-order valence-electron chi connectivity index (χ4n) is 2.48. The molecule has 0 unspecified atom stereocenters. The van der Waals surface area contributed by atoms with Crippen LogP contribution in [0.3, 0.4) is 0 Å². The number of unbranched alkanes of at least 4 members (excludes halogenated alkanes) is 5. The monoisotopic (exact) mass is 283 g/mol. The summed E-state index contributed by atoms with van der Waals surface area (Å²) in [6.45, 7) is 4.72. The predicted molar refractivity (Wildman–Crippen MR) is 80.5 cm³/mol. The molecule has 0 aliphatic carbocycles. The van der Waals surface area contributed by atoms with Gasteiger partial charge in [0, 0.05) is 5.56 Å². The molecule has 0 atom stereocenters. The molecule has 2 heteroatoms. The first-order valence-electron chi connectivity index (χ1n) is 7.50. The standard InChI is InChI=1S/C17H30N.ClH/c1-4-5-6-7-8-12-15-18(2,3)16-17-13-10-9-11-14-17;/h9-11,13-14H,4-8,12,15-16H2,1-3H3;1H/q+1;/p-1. The van der Waals surface area contributed by atoms with E-state index >= 15 is 0 Å². The van der Waals surface area contributed by atoms with Gasteiger partial charge >= 0.3 is 0 Å². The van der Waals surface area contributed by atoms with Gasteiger partial charge in [0.2, 0.25) is 0 Å². The lowest BCUT2D eigenvalue weighted by molar-refractivity contribution is -0.903. The Hall–Kier alpha value is -0.530. The summed E-state index contributed by atoms with van der Waals surface area (Å²) in [6.07, 6.45) is 8.35. The molecule has 0 fully saturated rings. The zero-order valence-corrected chi connectivity index (χ0v) is 13.6. The Morgan fingerprint density at radius 3 is 2.05 bits per heavy atom. The van der Waals surface area contributed by atoms with Gasteiger partial charge in [0.1, 0.15) is 6.54 Å². The second kappa shape index (κ2) is 10.3. The fraction of sp³-hybridized carbons (Fsp3) is 0.647. The van der Waals surface area contributed by atoms with Crippen LogP contribution in [0.25, 0.3) is 0 Å². The van der Waals surface area contributed by atoms with Crippen molar-refractivity contribution in [2.24, 2.45) is 0 Å². The van der Waals surface area contributed by atoms with Crippen LogP contribution in [0.1, 0.15) is 51.0 Å². The number of rotatable bonds is 9. The summed E-state index contributed by atoms with van der Waals surface area (Å²) in [5.41, 5.74) is 1.45. The largest absolute Gasteiger partial charge is 1.00 e. The van der Waals surface area contributed by atoms with E-state index in [0.29, 0.717) is 0 Å². The molecule has 1 aromatic carbocycles. The van der Waals surface area contributed by atoms with Crippen LogP contribution in [-0.2, 0) is 6.54 Å². The third-order valence-corrected chi connectivity index (χ3v) is 3.57. The molecule has 0 spiro atoms. The van der Waals surface area contributed by atoms with E-state index in [4.69, 9.17) is 0 Å². The molecule has 1 rings (SSSR count). The second-order valence-corrected chi connectivity index (χ2v) is 6.07. The molecule has 1 nitrogen and oxygen atoms in total. The highest BCUT2D eigenvalue weighted by Crippen LogP contribution is 2.12. The van der Waals surface area contributed by atoms with Crippen molar-refractivity contribution in [1.82, 2.24) is 0 Å². The summed E-state index contributed by atoms with van der Waals surface area (Å²) in [5, 5.41) is 0. The predicted octanol–water partition coefficient (Wildman–Crippen LogP) is 1.63. The fourth-order valence-corrected chi connectivity index (χ4v) is 2.48. The zero-order chi connectivity index (χ0) is 13.3. The Labute approximate surface area is 126 Å². The molecule has 0 saturated carbocycles. The Bertz CT molecular complexity index is 308. The van der Waals surface area contributed by atoms with Crippen molar-refractivity contribution in [3.05, 3.63) is 35.9 Å². The molecule has 0 aliphatic heterocycles. The minimum atomic E-state index is 0. The van der Waals surface area contributed by atoms with Crippen LogP contribution in [0, 0.1) is 0 Å². The summed E-state index contributed by atoms with van der Waals surface area (Å²) in [5.74, 6) is 0. The molecule has 1 aromatic rings. The van der Waals surface area contributed by atoms with Crippen molar-refractivity contribution in [3.63, 3.8) is 0 Å².